The van der Waals surface area contributed by atoms with Gasteiger partial charge in [-0.05, 0) is 24.1 Å². The first kappa shape index (κ1) is 13.4. The highest BCUT2D eigenvalue weighted by atomic mass is 19.1. The number of carbonyl (C=O) groups is 1. The molecule has 4 nitrogen and oxygen atoms in total. The molecule has 17 heavy (non-hydrogen) atoms. The summed E-state index contributed by atoms with van der Waals surface area (Å²) in [6.07, 6.45) is 0.399. The van der Waals surface area contributed by atoms with Crippen molar-refractivity contribution < 1.29 is 18.7 Å². The minimum absolute atomic E-state index is 0.0427. The molecule has 0 fully saturated rings. The van der Waals surface area contributed by atoms with Crippen molar-refractivity contribution in [2.45, 2.75) is 12.5 Å². The van der Waals surface area contributed by atoms with Gasteiger partial charge in [-0.25, -0.2) is 4.39 Å². The highest BCUT2D eigenvalue weighted by molar-refractivity contribution is 5.75. The van der Waals surface area contributed by atoms with Gasteiger partial charge in [-0.3, -0.25) is 4.79 Å². The molecule has 1 rings (SSSR count). The maximum atomic E-state index is 11.9. The van der Waals surface area contributed by atoms with E-state index in [0.29, 0.717) is 12.2 Å². The van der Waals surface area contributed by atoms with E-state index < -0.39 is 18.7 Å². The van der Waals surface area contributed by atoms with E-state index in [1.54, 1.807) is 24.3 Å². The van der Waals surface area contributed by atoms with Crippen LogP contribution in [0.3, 0.4) is 0 Å². The lowest BCUT2D eigenvalue weighted by Gasteiger charge is -2.09. The van der Waals surface area contributed by atoms with Crippen LogP contribution in [0.1, 0.15) is 5.56 Å². The van der Waals surface area contributed by atoms with Crippen molar-refractivity contribution in [1.82, 2.24) is 0 Å². The molecular formula is C12H16FNO3. The van der Waals surface area contributed by atoms with E-state index in [1.165, 1.54) is 7.11 Å². The molecule has 0 aromatic heterocycles. The minimum atomic E-state index is -0.669. The van der Waals surface area contributed by atoms with E-state index in [9.17, 15) is 9.18 Å². The predicted octanol–water partition coefficient (Wildman–Crippen LogP) is 1.08. The van der Waals surface area contributed by atoms with Crippen LogP contribution < -0.4 is 10.5 Å². The van der Waals surface area contributed by atoms with Crippen molar-refractivity contribution in [1.29, 1.82) is 0 Å². The van der Waals surface area contributed by atoms with Gasteiger partial charge >= 0.3 is 5.97 Å². The molecule has 0 heterocycles. The summed E-state index contributed by atoms with van der Waals surface area (Å²) in [6, 6.07) is 6.34. The zero-order chi connectivity index (χ0) is 12.7. The van der Waals surface area contributed by atoms with Gasteiger partial charge in [-0.15, -0.1) is 0 Å². The number of nitrogens with two attached hydrogens (primary N) is 1. The van der Waals surface area contributed by atoms with Crippen molar-refractivity contribution in [2.24, 2.45) is 5.73 Å². The smallest absolute Gasteiger partial charge is 0.322 e. The SMILES string of the molecule is COC(=O)C(N)Cc1ccc(OCCF)cc1. The third-order valence-corrected chi connectivity index (χ3v) is 2.23. The fourth-order valence-electron chi connectivity index (χ4n) is 1.37. The number of hydrogen-bond acceptors (Lipinski definition) is 4. The second-order valence-corrected chi connectivity index (χ2v) is 3.52. The lowest BCUT2D eigenvalue weighted by Crippen LogP contribution is -2.33. The Morgan fingerprint density at radius 2 is 2.06 bits per heavy atom. The molecule has 2 N–H and O–H groups in total. The molecule has 0 bridgehead atoms. The number of halogens is 1. The van der Waals surface area contributed by atoms with E-state index in [0.717, 1.165) is 5.56 Å². The van der Waals surface area contributed by atoms with Gasteiger partial charge in [0.25, 0.3) is 0 Å². The summed E-state index contributed by atoms with van der Waals surface area (Å²) in [5.74, 6) is 0.154. The van der Waals surface area contributed by atoms with Gasteiger partial charge in [0.15, 0.2) is 0 Å². The Labute approximate surface area is 99.5 Å². The fraction of sp³-hybridized carbons (Fsp3) is 0.417. The molecule has 0 aliphatic rings. The van der Waals surface area contributed by atoms with Crippen molar-refractivity contribution in [3.05, 3.63) is 29.8 Å². The fourth-order valence-corrected chi connectivity index (χ4v) is 1.37. The van der Waals surface area contributed by atoms with Crippen LogP contribution in [0.2, 0.25) is 0 Å². The number of rotatable bonds is 6. The van der Waals surface area contributed by atoms with Crippen LogP contribution in [0, 0.1) is 0 Å². The Morgan fingerprint density at radius 3 is 2.59 bits per heavy atom. The van der Waals surface area contributed by atoms with Gasteiger partial charge in [0, 0.05) is 0 Å². The van der Waals surface area contributed by atoms with E-state index >= 15 is 0 Å². The number of carbonyl (C=O) groups excluding carboxylic acids is 1. The van der Waals surface area contributed by atoms with Crippen molar-refractivity contribution in [2.75, 3.05) is 20.4 Å². The van der Waals surface area contributed by atoms with Gasteiger partial charge in [0.1, 0.15) is 25.1 Å². The maximum absolute atomic E-state index is 11.9. The second-order valence-electron chi connectivity index (χ2n) is 3.52. The van der Waals surface area contributed by atoms with Crippen LogP contribution in [-0.2, 0) is 16.0 Å². The highest BCUT2D eigenvalue weighted by Crippen LogP contribution is 2.13. The van der Waals surface area contributed by atoms with Gasteiger partial charge < -0.3 is 15.2 Å². The molecule has 0 saturated carbocycles. The molecule has 1 aromatic rings. The third kappa shape index (κ3) is 4.40. The number of esters is 1. The highest BCUT2D eigenvalue weighted by Gasteiger charge is 2.13. The Balaban J connectivity index is 2.53. The molecule has 0 amide bonds. The van der Waals surface area contributed by atoms with Gasteiger partial charge in [-0.1, -0.05) is 12.1 Å². The number of ether oxygens (including phenoxy) is 2. The van der Waals surface area contributed by atoms with Crippen LogP contribution in [0.15, 0.2) is 24.3 Å². The lowest BCUT2D eigenvalue weighted by molar-refractivity contribution is -0.142. The average molecular weight is 241 g/mol. The molecule has 5 heteroatoms. The van der Waals surface area contributed by atoms with Crippen LogP contribution in [-0.4, -0.2) is 32.4 Å². The number of alkyl halides is 1. The Hall–Kier alpha value is -1.62. The van der Waals surface area contributed by atoms with E-state index in [4.69, 9.17) is 10.5 Å². The zero-order valence-corrected chi connectivity index (χ0v) is 9.69. The quantitative estimate of drug-likeness (QED) is 0.757. The summed E-state index contributed by atoms with van der Waals surface area (Å²) in [7, 11) is 1.30. The van der Waals surface area contributed by atoms with Crippen LogP contribution >= 0.6 is 0 Å². The molecule has 1 unspecified atom stereocenters. The first-order chi connectivity index (χ1) is 8.17. The number of hydrogen-bond donors (Lipinski definition) is 1. The first-order valence-electron chi connectivity index (χ1n) is 5.28. The Kier molecular flexibility index (Phi) is 5.42. The summed E-state index contributed by atoms with van der Waals surface area (Å²) in [6.45, 7) is -0.476. The van der Waals surface area contributed by atoms with E-state index in [1.807, 2.05) is 0 Å². The van der Waals surface area contributed by atoms with Crippen molar-refractivity contribution >= 4 is 5.97 Å². The van der Waals surface area contributed by atoms with Gasteiger partial charge in [0.05, 0.1) is 7.11 Å². The maximum Gasteiger partial charge on any atom is 0.322 e. The minimum Gasteiger partial charge on any atom is -0.491 e. The van der Waals surface area contributed by atoms with E-state index in [-0.39, 0.29) is 6.61 Å². The normalized spacial score (nSPS) is 11.9. The molecule has 94 valence electrons. The summed E-state index contributed by atoms with van der Waals surface area (Å²) in [5.41, 5.74) is 6.52. The summed E-state index contributed by atoms with van der Waals surface area (Å²) in [5, 5.41) is 0. The molecule has 0 aliphatic heterocycles. The molecule has 0 saturated heterocycles. The second kappa shape index (κ2) is 6.85. The Bertz CT molecular complexity index is 353. The Morgan fingerprint density at radius 1 is 1.41 bits per heavy atom. The summed E-state index contributed by atoms with van der Waals surface area (Å²) < 4.78 is 21.5. The van der Waals surface area contributed by atoms with Crippen LogP contribution in [0.25, 0.3) is 0 Å². The van der Waals surface area contributed by atoms with Crippen LogP contribution in [0.4, 0.5) is 4.39 Å². The molecular weight excluding hydrogens is 225 g/mol. The largest absolute Gasteiger partial charge is 0.491 e. The molecule has 0 spiro atoms. The topological polar surface area (TPSA) is 61.5 Å². The standard InChI is InChI=1S/C12H16FNO3/c1-16-12(15)11(14)8-9-2-4-10(5-3-9)17-7-6-13/h2-5,11H,6-8,14H2,1H3. The summed E-state index contributed by atoms with van der Waals surface area (Å²) >= 11 is 0. The molecule has 0 radical (unpaired) electrons. The van der Waals surface area contributed by atoms with E-state index in [2.05, 4.69) is 4.74 Å². The predicted molar refractivity (Wildman–Crippen MR) is 61.6 cm³/mol. The van der Waals surface area contributed by atoms with Crippen molar-refractivity contribution in [3.8, 4) is 5.75 Å². The lowest BCUT2D eigenvalue weighted by atomic mass is 10.1. The number of methoxy groups -OCH3 is 1. The molecule has 1 atom stereocenters. The van der Waals surface area contributed by atoms with Crippen LogP contribution in [0.5, 0.6) is 5.75 Å². The van der Waals surface area contributed by atoms with Crippen molar-refractivity contribution in [3.63, 3.8) is 0 Å². The van der Waals surface area contributed by atoms with Gasteiger partial charge in [0.2, 0.25) is 0 Å². The third-order valence-electron chi connectivity index (χ3n) is 2.23. The van der Waals surface area contributed by atoms with Gasteiger partial charge in [-0.2, -0.15) is 0 Å². The number of benzene rings is 1. The molecule has 0 aliphatic carbocycles. The average Bonchev–Trinajstić information content (AvgIpc) is 2.37. The monoisotopic (exact) mass is 241 g/mol. The zero-order valence-electron chi connectivity index (χ0n) is 9.69. The molecule has 1 aromatic carbocycles. The summed E-state index contributed by atoms with van der Waals surface area (Å²) in [4.78, 5) is 11.1. The first-order valence-corrected chi connectivity index (χ1v) is 5.28.